The summed E-state index contributed by atoms with van der Waals surface area (Å²) in [4.78, 5) is 62.6. The minimum Gasteiger partial charge on any atom is -0.480 e. The summed E-state index contributed by atoms with van der Waals surface area (Å²) in [5.41, 5.74) is 11.1. The van der Waals surface area contributed by atoms with Crippen molar-refractivity contribution < 1.29 is 29.1 Å². The molecule has 0 radical (unpaired) electrons. The molecule has 0 bridgehead atoms. The molecule has 11 nitrogen and oxygen atoms in total. The lowest BCUT2D eigenvalue weighted by molar-refractivity contribution is -0.146. The van der Waals surface area contributed by atoms with Crippen molar-refractivity contribution in [1.82, 2.24) is 15.5 Å². The number of rotatable bonds is 12. The molecule has 1 saturated heterocycles. The van der Waals surface area contributed by atoms with Gasteiger partial charge in [-0.1, -0.05) is 40.5 Å². The van der Waals surface area contributed by atoms with Crippen LogP contribution in [0.5, 0.6) is 0 Å². The van der Waals surface area contributed by atoms with Gasteiger partial charge in [-0.05, 0) is 24.7 Å². The number of likely N-dealkylation sites (tertiary alicyclic amines) is 1. The van der Waals surface area contributed by atoms with Crippen molar-refractivity contribution in [2.24, 2.45) is 23.3 Å². The van der Waals surface area contributed by atoms with Crippen LogP contribution < -0.4 is 22.1 Å². The van der Waals surface area contributed by atoms with Crippen molar-refractivity contribution in [3.8, 4) is 0 Å². The lowest BCUT2D eigenvalue weighted by Crippen LogP contribution is -2.59. The Labute approximate surface area is 188 Å². The highest BCUT2D eigenvalue weighted by atomic mass is 16.4. The third-order valence-electron chi connectivity index (χ3n) is 6.19. The Morgan fingerprint density at radius 1 is 1.06 bits per heavy atom. The minimum atomic E-state index is -1.48. The van der Waals surface area contributed by atoms with Crippen LogP contribution in [-0.4, -0.2) is 70.3 Å². The van der Waals surface area contributed by atoms with Crippen LogP contribution in [0.25, 0.3) is 0 Å². The second-order valence-electron chi connectivity index (χ2n) is 8.54. The van der Waals surface area contributed by atoms with Gasteiger partial charge in [0.05, 0.1) is 12.5 Å². The third-order valence-corrected chi connectivity index (χ3v) is 6.19. The van der Waals surface area contributed by atoms with Crippen LogP contribution in [0.2, 0.25) is 0 Å². The quantitative estimate of drug-likeness (QED) is 0.258. The topological polar surface area (TPSA) is 185 Å². The van der Waals surface area contributed by atoms with Gasteiger partial charge in [-0.15, -0.1) is 0 Å². The molecule has 6 atom stereocenters. The first kappa shape index (κ1) is 27.3. The van der Waals surface area contributed by atoms with Crippen molar-refractivity contribution in [3.05, 3.63) is 0 Å². The van der Waals surface area contributed by atoms with Gasteiger partial charge in [-0.3, -0.25) is 19.2 Å². The number of carbonyl (C=O) groups is 5. The Kier molecular flexibility index (Phi) is 10.6. The summed E-state index contributed by atoms with van der Waals surface area (Å²) in [7, 11) is 0. The number of aliphatic carboxylic acids is 1. The molecule has 0 aromatic heterocycles. The molecular weight excluding hydrogens is 418 g/mol. The van der Waals surface area contributed by atoms with Crippen LogP contribution in [0.4, 0.5) is 0 Å². The van der Waals surface area contributed by atoms with Crippen molar-refractivity contribution in [1.29, 1.82) is 0 Å². The molecule has 1 heterocycles. The molecule has 1 aliphatic rings. The van der Waals surface area contributed by atoms with E-state index in [0.717, 1.165) is 0 Å². The van der Waals surface area contributed by atoms with Gasteiger partial charge in [0.25, 0.3) is 0 Å². The summed E-state index contributed by atoms with van der Waals surface area (Å²) in [5.74, 6) is -4.04. The van der Waals surface area contributed by atoms with E-state index in [-0.39, 0.29) is 11.8 Å². The van der Waals surface area contributed by atoms with Crippen LogP contribution >= 0.6 is 0 Å². The average molecular weight is 456 g/mol. The number of nitrogens with two attached hydrogens (primary N) is 2. The van der Waals surface area contributed by atoms with Crippen LogP contribution in [-0.2, 0) is 24.0 Å². The molecule has 0 saturated carbocycles. The molecule has 1 rings (SSSR count). The molecule has 4 amide bonds. The Balaban J connectivity index is 3.01. The summed E-state index contributed by atoms with van der Waals surface area (Å²) >= 11 is 0. The normalized spacial score (nSPS) is 20.5. The van der Waals surface area contributed by atoms with Gasteiger partial charge >= 0.3 is 5.97 Å². The van der Waals surface area contributed by atoms with E-state index in [9.17, 15) is 29.1 Å². The maximum atomic E-state index is 13.4. The number of hydrogen-bond acceptors (Lipinski definition) is 6. The van der Waals surface area contributed by atoms with E-state index in [0.29, 0.717) is 32.2 Å². The molecule has 0 aromatic carbocycles. The van der Waals surface area contributed by atoms with Gasteiger partial charge in [-0.25, -0.2) is 4.79 Å². The molecule has 0 spiro atoms. The zero-order valence-electron chi connectivity index (χ0n) is 19.3. The number of amides is 4. The number of carbonyl (C=O) groups excluding carboxylic acids is 4. The molecule has 0 aromatic rings. The molecule has 1 aliphatic heterocycles. The predicted octanol–water partition coefficient (Wildman–Crippen LogP) is -0.673. The number of carboxylic acids is 1. The Hall–Kier alpha value is -2.69. The molecule has 1 fully saturated rings. The smallest absolute Gasteiger partial charge is 0.326 e. The standard InChI is InChI=1S/C21H37N5O6/c1-5-11(3)16(23)19(29)25-17(12(4)6-2)20(30)26-9-7-8-14(26)18(28)24-13(21(31)32)10-15(22)27/h11-14,16-17H,5-10,23H2,1-4H3,(H2,22,27)(H,24,28)(H,25,29)(H,31,32). The van der Waals surface area contributed by atoms with Gasteiger partial charge in [0, 0.05) is 6.54 Å². The number of nitrogens with zero attached hydrogens (tertiary/aromatic N) is 1. The van der Waals surface area contributed by atoms with Crippen molar-refractivity contribution >= 4 is 29.6 Å². The second-order valence-corrected chi connectivity index (χ2v) is 8.54. The SMILES string of the molecule is CCC(C)C(N)C(=O)NC(C(=O)N1CCCC1C(=O)NC(CC(N)=O)C(=O)O)C(C)CC. The fraction of sp³-hybridized carbons (Fsp3) is 0.762. The number of nitrogens with one attached hydrogen (secondary N) is 2. The minimum absolute atomic E-state index is 0.0637. The van der Waals surface area contributed by atoms with Crippen molar-refractivity contribution in [3.63, 3.8) is 0 Å². The van der Waals surface area contributed by atoms with E-state index >= 15 is 0 Å². The molecule has 32 heavy (non-hydrogen) atoms. The highest BCUT2D eigenvalue weighted by Gasteiger charge is 2.40. The fourth-order valence-corrected chi connectivity index (χ4v) is 3.60. The highest BCUT2D eigenvalue weighted by molar-refractivity contribution is 5.95. The van der Waals surface area contributed by atoms with Crippen molar-refractivity contribution in [2.75, 3.05) is 6.54 Å². The second kappa shape index (κ2) is 12.4. The molecule has 182 valence electrons. The number of hydrogen-bond donors (Lipinski definition) is 5. The molecular formula is C21H37N5O6. The van der Waals surface area contributed by atoms with Gasteiger partial charge in [0.15, 0.2) is 0 Å². The third kappa shape index (κ3) is 7.18. The fourth-order valence-electron chi connectivity index (χ4n) is 3.60. The van der Waals surface area contributed by atoms with Crippen LogP contribution in [0, 0.1) is 11.8 Å². The summed E-state index contributed by atoms with van der Waals surface area (Å²) in [6.07, 6.45) is 1.65. The lowest BCUT2D eigenvalue weighted by Gasteiger charge is -2.32. The van der Waals surface area contributed by atoms with E-state index in [4.69, 9.17) is 11.5 Å². The zero-order valence-corrected chi connectivity index (χ0v) is 19.3. The first-order valence-corrected chi connectivity index (χ1v) is 11.1. The van der Waals surface area contributed by atoms with E-state index in [1.165, 1.54) is 4.90 Å². The van der Waals surface area contributed by atoms with Crippen LogP contribution in [0.15, 0.2) is 0 Å². The summed E-state index contributed by atoms with van der Waals surface area (Å²) in [5, 5.41) is 14.3. The van der Waals surface area contributed by atoms with E-state index in [2.05, 4.69) is 10.6 Å². The predicted molar refractivity (Wildman–Crippen MR) is 117 cm³/mol. The summed E-state index contributed by atoms with van der Waals surface area (Å²) < 4.78 is 0. The van der Waals surface area contributed by atoms with Crippen LogP contribution in [0.1, 0.15) is 59.8 Å². The highest BCUT2D eigenvalue weighted by Crippen LogP contribution is 2.22. The monoisotopic (exact) mass is 455 g/mol. The van der Waals surface area contributed by atoms with Crippen molar-refractivity contribution in [2.45, 2.75) is 84.0 Å². The lowest BCUT2D eigenvalue weighted by atomic mass is 9.95. The summed E-state index contributed by atoms with van der Waals surface area (Å²) in [6.45, 7) is 7.79. The van der Waals surface area contributed by atoms with Gasteiger partial charge in [0.2, 0.25) is 23.6 Å². The van der Waals surface area contributed by atoms with Gasteiger partial charge in [-0.2, -0.15) is 0 Å². The number of carboxylic acid groups (broad SMARTS) is 1. The van der Waals surface area contributed by atoms with E-state index in [1.54, 1.807) is 0 Å². The largest absolute Gasteiger partial charge is 0.480 e. The van der Waals surface area contributed by atoms with E-state index in [1.807, 2.05) is 27.7 Å². The first-order valence-electron chi connectivity index (χ1n) is 11.1. The summed E-state index contributed by atoms with van der Waals surface area (Å²) in [6, 6.07) is -4.00. The van der Waals surface area contributed by atoms with E-state index < -0.39 is 60.2 Å². The Bertz CT molecular complexity index is 715. The molecule has 0 aliphatic carbocycles. The Morgan fingerprint density at radius 2 is 1.66 bits per heavy atom. The van der Waals surface area contributed by atoms with Crippen LogP contribution in [0.3, 0.4) is 0 Å². The zero-order chi connectivity index (χ0) is 24.6. The molecule has 11 heteroatoms. The molecule has 7 N–H and O–H groups in total. The maximum absolute atomic E-state index is 13.4. The number of primary amides is 1. The molecule has 6 unspecified atom stereocenters. The Morgan fingerprint density at radius 3 is 2.16 bits per heavy atom. The first-order chi connectivity index (χ1) is 14.9. The maximum Gasteiger partial charge on any atom is 0.326 e. The average Bonchev–Trinajstić information content (AvgIpc) is 3.24. The van der Waals surface area contributed by atoms with Gasteiger partial charge < -0.3 is 32.1 Å². The van der Waals surface area contributed by atoms with Gasteiger partial charge in [0.1, 0.15) is 18.1 Å².